The minimum absolute atomic E-state index is 0.186. The van der Waals surface area contributed by atoms with Crippen LogP contribution >= 0.6 is 0 Å². The molecule has 1 aromatic rings. The fraction of sp³-hybridized carbons (Fsp3) is 0.500. The van der Waals surface area contributed by atoms with Gasteiger partial charge in [0.2, 0.25) is 0 Å². The lowest BCUT2D eigenvalue weighted by Crippen LogP contribution is -2.07. The van der Waals surface area contributed by atoms with E-state index in [0.29, 0.717) is 12.2 Å². The van der Waals surface area contributed by atoms with E-state index in [1.807, 2.05) is 6.92 Å². The van der Waals surface area contributed by atoms with Gasteiger partial charge in [0, 0.05) is 6.42 Å². The third kappa shape index (κ3) is 1.36. The lowest BCUT2D eigenvalue weighted by molar-refractivity contribution is -0.389. The number of nitro groups is 1. The fourth-order valence-corrected chi connectivity index (χ4v) is 0.871. The summed E-state index contributed by atoms with van der Waals surface area (Å²) in [4.78, 5) is 18.3. The predicted octanol–water partition coefficient (Wildman–Crippen LogP) is 0.412. The first kappa shape index (κ1) is 8.51. The maximum Gasteiger partial charge on any atom is 0.385 e. The Bertz CT molecular complexity index is 273. The second-order valence-electron chi connectivity index (χ2n) is 2.13. The first-order valence-electron chi connectivity index (χ1n) is 3.46. The maximum atomic E-state index is 10.3. The normalized spacial score (nSPS) is 9.83. The number of imidazole rings is 1. The van der Waals surface area contributed by atoms with Crippen LogP contribution in [0.4, 0.5) is 5.82 Å². The van der Waals surface area contributed by atoms with Gasteiger partial charge in [-0.2, -0.15) is 0 Å². The molecule has 0 saturated heterocycles. The molecule has 66 valence electrons. The van der Waals surface area contributed by atoms with Crippen molar-refractivity contribution in [3.05, 3.63) is 22.1 Å². The summed E-state index contributed by atoms with van der Waals surface area (Å²) in [5.41, 5.74) is 0. The zero-order valence-electron chi connectivity index (χ0n) is 6.85. The van der Waals surface area contributed by atoms with Crippen LogP contribution in [0, 0.1) is 10.1 Å². The Kier molecular flexibility index (Phi) is 2.27. The summed E-state index contributed by atoms with van der Waals surface area (Å²) in [5, 5.41) is 10.3. The highest BCUT2D eigenvalue weighted by Crippen LogP contribution is 2.09. The van der Waals surface area contributed by atoms with E-state index in [-0.39, 0.29) is 5.82 Å². The molecule has 6 nitrogen and oxygen atoms in total. The van der Waals surface area contributed by atoms with E-state index in [2.05, 4.69) is 4.98 Å². The molecule has 6 heteroatoms. The third-order valence-corrected chi connectivity index (χ3v) is 1.43. The van der Waals surface area contributed by atoms with Crippen molar-refractivity contribution in [1.29, 1.82) is 0 Å². The van der Waals surface area contributed by atoms with E-state index < -0.39 is 4.92 Å². The molecule has 0 bridgehead atoms. The summed E-state index contributed by atoms with van der Waals surface area (Å²) in [6, 6.07) is 0. The summed E-state index contributed by atoms with van der Waals surface area (Å²) >= 11 is 0. The minimum Gasteiger partial charge on any atom is -0.414 e. The highest BCUT2D eigenvalue weighted by Gasteiger charge is 2.16. The molecule has 0 N–H and O–H groups in total. The van der Waals surface area contributed by atoms with Crippen LogP contribution in [0.15, 0.2) is 6.20 Å². The second-order valence-corrected chi connectivity index (χ2v) is 2.13. The third-order valence-electron chi connectivity index (χ3n) is 1.43. The van der Waals surface area contributed by atoms with Gasteiger partial charge in [-0.05, 0) is 9.91 Å². The Morgan fingerprint density at radius 3 is 2.83 bits per heavy atom. The monoisotopic (exact) mass is 171 g/mol. The number of hydrogen-bond donors (Lipinski definition) is 0. The summed E-state index contributed by atoms with van der Waals surface area (Å²) in [7, 11) is 1.44. The van der Waals surface area contributed by atoms with Crippen LogP contribution in [0.5, 0.6) is 0 Å². The van der Waals surface area contributed by atoms with E-state index in [1.54, 1.807) is 0 Å². The molecule has 0 unspecified atom stereocenters. The zero-order valence-corrected chi connectivity index (χ0v) is 6.85. The molecule has 1 aromatic heterocycles. The first-order valence-corrected chi connectivity index (χ1v) is 3.46. The van der Waals surface area contributed by atoms with Gasteiger partial charge in [0.25, 0.3) is 5.82 Å². The average molecular weight is 171 g/mol. The molecule has 0 fully saturated rings. The van der Waals surface area contributed by atoms with E-state index >= 15 is 0 Å². The van der Waals surface area contributed by atoms with Gasteiger partial charge in [0.05, 0.1) is 0 Å². The largest absolute Gasteiger partial charge is 0.414 e. The Balaban J connectivity index is 3.05. The molecule has 0 amide bonds. The lowest BCUT2D eigenvalue weighted by atomic mass is 10.5. The molecule has 0 radical (unpaired) electrons. The predicted molar refractivity (Wildman–Crippen MR) is 40.8 cm³/mol. The maximum absolute atomic E-state index is 10.3. The van der Waals surface area contributed by atoms with E-state index in [1.165, 1.54) is 18.0 Å². The van der Waals surface area contributed by atoms with Gasteiger partial charge in [-0.3, -0.25) is 0 Å². The summed E-state index contributed by atoms with van der Waals surface area (Å²) in [6.45, 7) is 1.85. The Morgan fingerprint density at radius 2 is 2.50 bits per heavy atom. The smallest absolute Gasteiger partial charge is 0.385 e. The fourth-order valence-electron chi connectivity index (χ4n) is 0.871. The molecule has 0 aliphatic carbocycles. The Morgan fingerprint density at radius 1 is 1.83 bits per heavy atom. The SMILES string of the molecule is CCc1nc([N+](=O)[O-])cn1OC. The second kappa shape index (κ2) is 3.21. The summed E-state index contributed by atoms with van der Waals surface area (Å²) in [6.07, 6.45) is 1.85. The molecule has 1 heterocycles. The quantitative estimate of drug-likeness (QED) is 0.488. The van der Waals surface area contributed by atoms with E-state index in [9.17, 15) is 10.1 Å². The van der Waals surface area contributed by atoms with Crippen molar-refractivity contribution in [2.24, 2.45) is 0 Å². The van der Waals surface area contributed by atoms with Gasteiger partial charge < -0.3 is 15.0 Å². The Hall–Kier alpha value is -1.59. The van der Waals surface area contributed by atoms with Crippen molar-refractivity contribution >= 4 is 5.82 Å². The molecule has 12 heavy (non-hydrogen) atoms. The van der Waals surface area contributed by atoms with Crippen molar-refractivity contribution in [3.63, 3.8) is 0 Å². The molecule has 0 spiro atoms. The molecular weight excluding hydrogens is 162 g/mol. The van der Waals surface area contributed by atoms with Crippen LogP contribution < -0.4 is 4.84 Å². The van der Waals surface area contributed by atoms with Crippen LogP contribution in [-0.4, -0.2) is 21.7 Å². The van der Waals surface area contributed by atoms with Crippen LogP contribution in [0.1, 0.15) is 12.7 Å². The number of rotatable bonds is 3. The van der Waals surface area contributed by atoms with Crippen molar-refractivity contribution in [3.8, 4) is 0 Å². The van der Waals surface area contributed by atoms with Crippen LogP contribution in [0.3, 0.4) is 0 Å². The van der Waals surface area contributed by atoms with Gasteiger partial charge in [-0.1, -0.05) is 6.92 Å². The lowest BCUT2D eigenvalue weighted by Gasteiger charge is -1.96. The van der Waals surface area contributed by atoms with E-state index in [0.717, 1.165) is 0 Å². The molecule has 0 aromatic carbocycles. The number of aromatic nitrogens is 2. The Labute approximate surface area is 68.9 Å². The number of hydrogen-bond acceptors (Lipinski definition) is 4. The van der Waals surface area contributed by atoms with Gasteiger partial charge in [-0.25, -0.2) is 0 Å². The van der Waals surface area contributed by atoms with Gasteiger partial charge in [-0.15, -0.1) is 4.73 Å². The van der Waals surface area contributed by atoms with Crippen molar-refractivity contribution < 1.29 is 9.76 Å². The standard InChI is InChI=1S/C6H9N3O3/c1-3-5-7-6(9(10)11)4-8(5)12-2/h4H,3H2,1-2H3. The molecular formula is C6H9N3O3. The molecule has 0 aliphatic heterocycles. The van der Waals surface area contributed by atoms with Crippen molar-refractivity contribution in [1.82, 2.24) is 9.71 Å². The van der Waals surface area contributed by atoms with Gasteiger partial charge in [0.1, 0.15) is 13.3 Å². The number of aryl methyl sites for hydroxylation is 1. The van der Waals surface area contributed by atoms with Gasteiger partial charge >= 0.3 is 5.82 Å². The molecule has 0 aliphatic rings. The minimum atomic E-state index is -0.547. The summed E-state index contributed by atoms with van der Waals surface area (Å²) in [5.74, 6) is 0.359. The van der Waals surface area contributed by atoms with Crippen molar-refractivity contribution in [2.75, 3.05) is 7.11 Å². The van der Waals surface area contributed by atoms with Crippen molar-refractivity contribution in [2.45, 2.75) is 13.3 Å². The van der Waals surface area contributed by atoms with Crippen LogP contribution in [0.2, 0.25) is 0 Å². The topological polar surface area (TPSA) is 70.2 Å². The summed E-state index contributed by atoms with van der Waals surface area (Å²) < 4.78 is 1.29. The average Bonchev–Trinajstić information content (AvgIpc) is 2.46. The van der Waals surface area contributed by atoms with Crippen LogP contribution in [0.25, 0.3) is 0 Å². The van der Waals surface area contributed by atoms with E-state index in [4.69, 9.17) is 4.84 Å². The molecule has 1 rings (SSSR count). The molecule has 0 saturated carbocycles. The highest BCUT2D eigenvalue weighted by atomic mass is 16.7. The first-order chi connectivity index (χ1) is 5.69. The van der Waals surface area contributed by atoms with Crippen LogP contribution in [-0.2, 0) is 6.42 Å². The van der Waals surface area contributed by atoms with Gasteiger partial charge in [0.15, 0.2) is 0 Å². The molecule has 0 atom stereocenters. The highest BCUT2D eigenvalue weighted by molar-refractivity contribution is 5.16. The number of nitrogens with zero attached hydrogens (tertiary/aromatic N) is 3. The zero-order chi connectivity index (χ0) is 9.14.